The Morgan fingerprint density at radius 2 is 1.81 bits per heavy atom. The average molecular weight is 440 g/mol. The number of allylic oxidation sites excluding steroid dienone is 3. The van der Waals surface area contributed by atoms with E-state index >= 15 is 0 Å². The first kappa shape index (κ1) is 23.4. The average Bonchev–Trinajstić information content (AvgIpc) is 2.78. The Labute approximate surface area is 186 Å². The van der Waals surface area contributed by atoms with E-state index in [9.17, 15) is 23.8 Å². The van der Waals surface area contributed by atoms with Crippen molar-refractivity contribution in [3.63, 3.8) is 0 Å². The summed E-state index contributed by atoms with van der Waals surface area (Å²) in [6, 6.07) is 12.0. The summed E-state index contributed by atoms with van der Waals surface area (Å²) >= 11 is 0. The van der Waals surface area contributed by atoms with Crippen LogP contribution in [0, 0.1) is 11.7 Å². The predicted molar refractivity (Wildman–Crippen MR) is 121 cm³/mol. The van der Waals surface area contributed by atoms with Crippen LogP contribution in [0.4, 0.5) is 14.5 Å². The van der Waals surface area contributed by atoms with E-state index in [-0.39, 0.29) is 29.9 Å². The number of benzene rings is 2. The molecule has 2 aromatic rings. The molecule has 0 aromatic heterocycles. The highest BCUT2D eigenvalue weighted by Crippen LogP contribution is 2.46. The number of phenolic OH excluding ortho intramolecular Hbond substituents is 1. The molecule has 3 atom stereocenters. The second-order valence-corrected chi connectivity index (χ2v) is 7.83. The van der Waals surface area contributed by atoms with Gasteiger partial charge in [0.25, 0.3) is 0 Å². The van der Waals surface area contributed by atoms with Gasteiger partial charge in [-0.15, -0.1) is 0 Å². The summed E-state index contributed by atoms with van der Waals surface area (Å²) in [5.41, 5.74) is 1.78. The van der Waals surface area contributed by atoms with Crippen LogP contribution >= 0.6 is 0 Å². The van der Waals surface area contributed by atoms with Gasteiger partial charge in [0.2, 0.25) is 5.91 Å². The van der Waals surface area contributed by atoms with Crippen molar-refractivity contribution in [3.05, 3.63) is 96.1 Å². The molecule has 0 unspecified atom stereocenters. The predicted octanol–water partition coefficient (Wildman–Crippen LogP) is 5.75. The number of amides is 1. The summed E-state index contributed by atoms with van der Waals surface area (Å²) in [5.74, 6) is -1.18. The number of aliphatic hydroxyl groups is 1. The molecule has 1 aliphatic rings. The lowest BCUT2D eigenvalue weighted by molar-refractivity contribution is -0.130. The van der Waals surface area contributed by atoms with Gasteiger partial charge in [0.05, 0.1) is 18.1 Å². The summed E-state index contributed by atoms with van der Waals surface area (Å²) in [7, 11) is 0. The Kier molecular flexibility index (Phi) is 7.59. The maximum absolute atomic E-state index is 13.5. The highest BCUT2D eigenvalue weighted by molar-refractivity contribution is 6.03. The van der Waals surface area contributed by atoms with Crippen molar-refractivity contribution in [1.82, 2.24) is 0 Å². The fourth-order valence-corrected chi connectivity index (χ4v) is 3.86. The number of phenols is 1. The van der Waals surface area contributed by atoms with Crippen LogP contribution in [-0.4, -0.2) is 22.2 Å². The van der Waals surface area contributed by atoms with Crippen LogP contribution < -0.4 is 4.90 Å². The van der Waals surface area contributed by atoms with Crippen LogP contribution in [0.25, 0.3) is 0 Å². The Hall–Kier alpha value is -3.25. The zero-order chi connectivity index (χ0) is 23.3. The van der Waals surface area contributed by atoms with E-state index in [1.54, 1.807) is 41.3 Å². The summed E-state index contributed by atoms with van der Waals surface area (Å²) in [6.07, 6.45) is 4.46. The second-order valence-electron chi connectivity index (χ2n) is 7.83. The van der Waals surface area contributed by atoms with Gasteiger partial charge in [0, 0.05) is 5.69 Å². The number of hydrogen-bond acceptors (Lipinski definition) is 3. The lowest BCUT2D eigenvalue weighted by Gasteiger charge is -2.48. The fourth-order valence-electron chi connectivity index (χ4n) is 3.86. The lowest BCUT2D eigenvalue weighted by atomic mass is 9.78. The van der Waals surface area contributed by atoms with Crippen molar-refractivity contribution in [3.8, 4) is 5.75 Å². The van der Waals surface area contributed by atoms with Crippen LogP contribution in [0.5, 0.6) is 5.75 Å². The molecule has 2 aromatic carbocycles. The van der Waals surface area contributed by atoms with E-state index < -0.39 is 17.8 Å². The molecule has 4 nitrogen and oxygen atoms in total. The number of nitrogens with zero attached hydrogens (tertiary/aromatic N) is 1. The van der Waals surface area contributed by atoms with Crippen LogP contribution in [0.15, 0.2) is 84.7 Å². The van der Waals surface area contributed by atoms with Gasteiger partial charge in [-0.05, 0) is 78.9 Å². The van der Waals surface area contributed by atoms with Crippen LogP contribution in [0.3, 0.4) is 0 Å². The van der Waals surface area contributed by atoms with E-state index in [1.807, 2.05) is 6.92 Å². The topological polar surface area (TPSA) is 60.8 Å². The zero-order valence-corrected chi connectivity index (χ0v) is 17.9. The molecular weight excluding hydrogens is 412 g/mol. The highest BCUT2D eigenvalue weighted by atomic mass is 19.1. The smallest absolute Gasteiger partial charge is 0.233 e. The first-order valence-electron chi connectivity index (χ1n) is 10.6. The van der Waals surface area contributed by atoms with Gasteiger partial charge in [0.1, 0.15) is 17.4 Å². The highest BCUT2D eigenvalue weighted by Gasteiger charge is 2.48. The van der Waals surface area contributed by atoms with Gasteiger partial charge in [0.15, 0.2) is 0 Å². The first-order chi connectivity index (χ1) is 15.3. The fraction of sp³-hybridized carbons (Fsp3) is 0.269. The quantitative estimate of drug-likeness (QED) is 0.386. The molecule has 1 saturated heterocycles. The molecule has 0 aliphatic carbocycles. The van der Waals surface area contributed by atoms with E-state index in [2.05, 4.69) is 6.58 Å². The first-order valence-corrected chi connectivity index (χ1v) is 10.6. The molecule has 0 bridgehead atoms. The van der Waals surface area contributed by atoms with Crippen LogP contribution in [0.1, 0.15) is 37.8 Å². The van der Waals surface area contributed by atoms with Gasteiger partial charge >= 0.3 is 0 Å². The van der Waals surface area contributed by atoms with Gasteiger partial charge < -0.3 is 15.1 Å². The van der Waals surface area contributed by atoms with Crippen molar-refractivity contribution >= 4 is 11.6 Å². The maximum Gasteiger partial charge on any atom is 0.233 e. The molecule has 0 radical (unpaired) electrons. The minimum atomic E-state index is -0.909. The molecule has 1 aliphatic heterocycles. The summed E-state index contributed by atoms with van der Waals surface area (Å²) in [4.78, 5) is 14.6. The Balaban J connectivity index is 1.74. The van der Waals surface area contributed by atoms with Crippen molar-refractivity contribution < 1.29 is 23.8 Å². The molecule has 2 N–H and O–H groups in total. The molecule has 1 heterocycles. The van der Waals surface area contributed by atoms with Crippen molar-refractivity contribution in [1.29, 1.82) is 0 Å². The van der Waals surface area contributed by atoms with E-state index in [0.29, 0.717) is 24.1 Å². The Morgan fingerprint density at radius 3 is 2.44 bits per heavy atom. The number of β-lactam (4-membered cyclic amide) rings is 1. The third-order valence-electron chi connectivity index (χ3n) is 5.59. The summed E-state index contributed by atoms with van der Waals surface area (Å²) in [5, 5.41) is 20.0. The number of hydrogen-bond donors (Lipinski definition) is 2. The largest absolute Gasteiger partial charge is 0.508 e. The molecule has 168 valence electrons. The molecule has 32 heavy (non-hydrogen) atoms. The van der Waals surface area contributed by atoms with Crippen molar-refractivity contribution in [2.75, 3.05) is 4.90 Å². The Morgan fingerprint density at radius 1 is 1.16 bits per heavy atom. The van der Waals surface area contributed by atoms with Gasteiger partial charge in [-0.25, -0.2) is 8.78 Å². The second kappa shape index (κ2) is 10.4. The van der Waals surface area contributed by atoms with E-state index in [4.69, 9.17) is 0 Å². The molecule has 1 amide bonds. The van der Waals surface area contributed by atoms with Gasteiger partial charge in [-0.3, -0.25) is 4.79 Å². The SMILES string of the molecule is C=C(/C=C\C(F)=C/CC)[C@@H](O)CC[C@H]1C(=O)N(c2ccc(F)cc2)[C@@H]1c1ccc(O)cc1. The minimum absolute atomic E-state index is 0.118. The minimum Gasteiger partial charge on any atom is -0.508 e. The number of anilines is 1. The molecule has 1 fully saturated rings. The third kappa shape index (κ3) is 5.32. The van der Waals surface area contributed by atoms with Crippen LogP contribution in [-0.2, 0) is 4.79 Å². The lowest BCUT2D eigenvalue weighted by Crippen LogP contribution is -2.55. The summed E-state index contributed by atoms with van der Waals surface area (Å²) < 4.78 is 26.9. The maximum atomic E-state index is 13.5. The van der Waals surface area contributed by atoms with E-state index in [1.165, 1.54) is 30.4 Å². The van der Waals surface area contributed by atoms with Gasteiger partial charge in [-0.2, -0.15) is 0 Å². The molecule has 6 heteroatoms. The Bertz CT molecular complexity index is 1010. The number of rotatable bonds is 9. The van der Waals surface area contributed by atoms with Crippen molar-refractivity contribution in [2.24, 2.45) is 5.92 Å². The van der Waals surface area contributed by atoms with Gasteiger partial charge in [-0.1, -0.05) is 31.7 Å². The van der Waals surface area contributed by atoms with Crippen LogP contribution in [0.2, 0.25) is 0 Å². The zero-order valence-electron chi connectivity index (χ0n) is 17.9. The van der Waals surface area contributed by atoms with E-state index in [0.717, 1.165) is 5.56 Å². The molecule has 3 rings (SSSR count). The number of aliphatic hydroxyl groups excluding tert-OH is 1. The van der Waals surface area contributed by atoms with Crippen molar-refractivity contribution in [2.45, 2.75) is 38.3 Å². The normalized spacial score (nSPS) is 19.8. The standard InChI is InChI=1S/C26H27F2NO3/c1-3-4-19(27)8-5-17(2)24(31)16-15-23-25(18-6-13-22(30)14-7-18)29(26(23)32)21-11-9-20(28)10-12-21/h4-14,23-25,30-31H,2-3,15-16H2,1H3/b8-5-,19-4+/t23-,24+,25-/m1/s1. The number of carbonyl (C=O) groups excluding carboxylic acids is 1. The monoisotopic (exact) mass is 439 g/mol. The number of halogens is 2. The number of carbonyl (C=O) groups is 1. The third-order valence-corrected chi connectivity index (χ3v) is 5.59. The number of aromatic hydroxyl groups is 1. The molecule has 0 spiro atoms. The molecular formula is C26H27F2NO3. The molecule has 0 saturated carbocycles. The summed E-state index contributed by atoms with van der Waals surface area (Å²) in [6.45, 7) is 5.62.